The number of carbonyl (C=O) groups excluding carboxylic acids is 3. The maximum absolute atomic E-state index is 13.9. The molecular weight excluding hydrogens is 580 g/mol. The van der Waals surface area contributed by atoms with Crippen LogP contribution in [0.1, 0.15) is 30.5 Å². The largest absolute Gasteiger partial charge is 0.497 e. The van der Waals surface area contributed by atoms with E-state index in [-0.39, 0.29) is 18.2 Å². The van der Waals surface area contributed by atoms with Crippen molar-refractivity contribution in [3.63, 3.8) is 0 Å². The molecule has 3 aromatic carbocycles. The summed E-state index contributed by atoms with van der Waals surface area (Å²) in [6.07, 6.45) is -1.45. The Balaban J connectivity index is 1.52. The van der Waals surface area contributed by atoms with Crippen molar-refractivity contribution in [3.05, 3.63) is 89.5 Å². The lowest BCUT2D eigenvalue weighted by molar-refractivity contribution is -0.147. The van der Waals surface area contributed by atoms with E-state index in [1.165, 1.54) is 30.9 Å². The number of nitrogens with one attached hydrogen (secondary N) is 3. The Bertz CT molecular complexity index is 1470. The van der Waals surface area contributed by atoms with Gasteiger partial charge in [0.25, 0.3) is 5.91 Å². The maximum Gasteiger partial charge on any atom is 0.319 e. The maximum atomic E-state index is 13.9. The number of urea groups is 1. The Kier molecular flexibility index (Phi) is 10.8. The molecule has 0 spiro atoms. The quantitative estimate of drug-likeness (QED) is 0.254. The van der Waals surface area contributed by atoms with Crippen LogP contribution in [0.2, 0.25) is 0 Å². The highest BCUT2D eigenvalue weighted by molar-refractivity contribution is 8.00. The standard InChI is InChI=1S/C33H40N4O6S/c1-21-11-9-10-14-23(21)19-34-30(39)29-33(2,3)44-20-37(29)31(40)28(38)26(17-22-12-7-6-8-13-22)36-32(41)35-25-16-15-24(42-4)18-27(25)43-5/h6-16,18,26,28-29,38H,17,19-20H2,1-5H3,(H,34,39)(H2,35,36,41). The predicted octanol–water partition coefficient (Wildman–Crippen LogP) is 4.10. The van der Waals surface area contributed by atoms with Gasteiger partial charge in [0, 0.05) is 17.4 Å². The van der Waals surface area contributed by atoms with E-state index in [0.717, 1.165) is 16.7 Å². The molecule has 4 amide bonds. The van der Waals surface area contributed by atoms with Crippen LogP contribution in [0, 0.1) is 6.92 Å². The zero-order chi connectivity index (χ0) is 31.9. The predicted molar refractivity (Wildman–Crippen MR) is 172 cm³/mol. The van der Waals surface area contributed by atoms with E-state index in [9.17, 15) is 19.5 Å². The number of hydrogen-bond donors (Lipinski definition) is 4. The van der Waals surface area contributed by atoms with Crippen LogP contribution in [0.25, 0.3) is 0 Å². The third-order valence-electron chi connectivity index (χ3n) is 7.70. The van der Waals surface area contributed by atoms with Gasteiger partial charge in [-0.3, -0.25) is 9.59 Å². The minimum absolute atomic E-state index is 0.176. The lowest BCUT2D eigenvalue weighted by Gasteiger charge is -2.33. The fraction of sp³-hybridized carbons (Fsp3) is 0.364. The molecule has 4 N–H and O–H groups in total. The minimum atomic E-state index is -1.63. The Labute approximate surface area is 262 Å². The molecule has 0 aliphatic carbocycles. The van der Waals surface area contributed by atoms with Gasteiger partial charge < -0.3 is 35.4 Å². The lowest BCUT2D eigenvalue weighted by atomic mass is 9.97. The zero-order valence-corrected chi connectivity index (χ0v) is 26.4. The number of rotatable bonds is 11. The van der Waals surface area contributed by atoms with Gasteiger partial charge >= 0.3 is 6.03 Å². The lowest BCUT2D eigenvalue weighted by Crippen LogP contribution is -2.59. The second-order valence-corrected chi connectivity index (χ2v) is 12.7. The second-order valence-electron chi connectivity index (χ2n) is 11.1. The van der Waals surface area contributed by atoms with Crippen molar-refractivity contribution in [2.75, 3.05) is 25.4 Å². The molecule has 44 heavy (non-hydrogen) atoms. The normalized spacial score (nSPS) is 16.9. The third-order valence-corrected chi connectivity index (χ3v) is 9.07. The number of amides is 4. The third kappa shape index (κ3) is 7.83. The first kappa shape index (κ1) is 32.7. The van der Waals surface area contributed by atoms with Gasteiger partial charge in [0.1, 0.15) is 17.5 Å². The molecule has 1 fully saturated rings. The first-order valence-corrected chi connectivity index (χ1v) is 15.3. The Hall–Kier alpha value is -4.22. The molecular formula is C33H40N4O6S. The van der Waals surface area contributed by atoms with Crippen LogP contribution in [0.4, 0.5) is 10.5 Å². The van der Waals surface area contributed by atoms with Gasteiger partial charge in [0.2, 0.25) is 5.91 Å². The van der Waals surface area contributed by atoms with E-state index in [0.29, 0.717) is 23.7 Å². The van der Waals surface area contributed by atoms with Crippen LogP contribution in [0.3, 0.4) is 0 Å². The van der Waals surface area contributed by atoms with Crippen molar-refractivity contribution in [1.29, 1.82) is 0 Å². The molecule has 0 saturated carbocycles. The second kappa shape index (κ2) is 14.5. The van der Waals surface area contributed by atoms with Crippen LogP contribution in [0.15, 0.2) is 72.8 Å². The van der Waals surface area contributed by atoms with Gasteiger partial charge in [-0.1, -0.05) is 54.6 Å². The summed E-state index contributed by atoms with van der Waals surface area (Å²) in [5.74, 6) is 0.216. The SMILES string of the molecule is COc1ccc(NC(=O)NC(Cc2ccccc2)C(O)C(=O)N2CSC(C)(C)C2C(=O)NCc2ccccc2C)c(OC)c1. The number of benzene rings is 3. The number of methoxy groups -OCH3 is 2. The Morgan fingerprint density at radius 1 is 1.02 bits per heavy atom. The molecule has 3 unspecified atom stereocenters. The van der Waals surface area contributed by atoms with Crippen molar-refractivity contribution in [3.8, 4) is 11.5 Å². The van der Waals surface area contributed by atoms with Crippen LogP contribution in [0.5, 0.6) is 11.5 Å². The van der Waals surface area contributed by atoms with Gasteiger partial charge in [-0.2, -0.15) is 0 Å². The van der Waals surface area contributed by atoms with Gasteiger partial charge in [0.05, 0.1) is 31.8 Å². The highest BCUT2D eigenvalue weighted by Gasteiger charge is 2.49. The number of aliphatic hydroxyl groups is 1. The van der Waals surface area contributed by atoms with Crippen LogP contribution >= 0.6 is 11.8 Å². The summed E-state index contributed by atoms with van der Waals surface area (Å²) in [5.41, 5.74) is 3.23. The van der Waals surface area contributed by atoms with Crippen molar-refractivity contribution in [2.24, 2.45) is 0 Å². The molecule has 3 atom stereocenters. The summed E-state index contributed by atoms with van der Waals surface area (Å²) in [7, 11) is 3.00. The molecule has 0 aromatic heterocycles. The fourth-order valence-electron chi connectivity index (χ4n) is 5.18. The number of nitrogens with zero attached hydrogens (tertiary/aromatic N) is 1. The highest BCUT2D eigenvalue weighted by atomic mass is 32.2. The summed E-state index contributed by atoms with van der Waals surface area (Å²) in [6, 6.07) is 19.5. The summed E-state index contributed by atoms with van der Waals surface area (Å²) < 4.78 is 10.00. The number of aryl methyl sites for hydroxylation is 1. The number of thioether (sulfide) groups is 1. The number of anilines is 1. The molecule has 11 heteroatoms. The van der Waals surface area contributed by atoms with Gasteiger partial charge in [0.15, 0.2) is 6.10 Å². The minimum Gasteiger partial charge on any atom is -0.497 e. The fourth-order valence-corrected chi connectivity index (χ4v) is 6.32. The van der Waals surface area contributed by atoms with E-state index < -0.39 is 34.9 Å². The molecule has 3 aromatic rings. The van der Waals surface area contributed by atoms with Gasteiger partial charge in [-0.05, 0) is 56.0 Å². The average Bonchev–Trinajstić information content (AvgIpc) is 3.34. The molecule has 1 aliphatic rings. The molecule has 4 rings (SSSR count). The summed E-state index contributed by atoms with van der Waals surface area (Å²) in [5, 5.41) is 20.0. The number of hydrogen-bond acceptors (Lipinski definition) is 7. The number of carbonyl (C=O) groups is 3. The number of ether oxygens (including phenoxy) is 2. The first-order chi connectivity index (χ1) is 21.0. The van der Waals surface area contributed by atoms with Crippen LogP contribution < -0.4 is 25.4 Å². The molecule has 0 radical (unpaired) electrons. The molecule has 234 valence electrons. The van der Waals surface area contributed by atoms with E-state index in [1.807, 2.05) is 75.4 Å². The monoisotopic (exact) mass is 620 g/mol. The Morgan fingerprint density at radius 2 is 1.73 bits per heavy atom. The van der Waals surface area contributed by atoms with Crippen molar-refractivity contribution >= 4 is 35.3 Å². The zero-order valence-electron chi connectivity index (χ0n) is 25.6. The topological polar surface area (TPSA) is 129 Å². The Morgan fingerprint density at radius 3 is 2.41 bits per heavy atom. The molecule has 0 bridgehead atoms. The smallest absolute Gasteiger partial charge is 0.319 e. The van der Waals surface area contributed by atoms with Crippen molar-refractivity contribution in [2.45, 2.75) is 56.7 Å². The number of aliphatic hydroxyl groups excluding tert-OH is 1. The molecule has 1 saturated heterocycles. The van der Waals surface area contributed by atoms with Crippen molar-refractivity contribution in [1.82, 2.24) is 15.5 Å². The highest BCUT2D eigenvalue weighted by Crippen LogP contribution is 2.40. The van der Waals surface area contributed by atoms with Gasteiger partial charge in [-0.15, -0.1) is 11.8 Å². The van der Waals surface area contributed by atoms with E-state index in [1.54, 1.807) is 18.2 Å². The summed E-state index contributed by atoms with van der Waals surface area (Å²) in [6.45, 7) is 6.11. The van der Waals surface area contributed by atoms with Gasteiger partial charge in [-0.25, -0.2) is 4.79 Å². The molecule has 1 heterocycles. The van der Waals surface area contributed by atoms with Crippen molar-refractivity contribution < 1.29 is 29.0 Å². The van der Waals surface area contributed by atoms with E-state index >= 15 is 0 Å². The first-order valence-electron chi connectivity index (χ1n) is 14.3. The van der Waals surface area contributed by atoms with E-state index in [2.05, 4.69) is 16.0 Å². The summed E-state index contributed by atoms with van der Waals surface area (Å²) >= 11 is 1.46. The van der Waals surface area contributed by atoms with E-state index in [4.69, 9.17) is 9.47 Å². The molecule has 1 aliphatic heterocycles. The molecule has 10 nitrogen and oxygen atoms in total. The van der Waals surface area contributed by atoms with Crippen LogP contribution in [-0.2, 0) is 22.6 Å². The summed E-state index contributed by atoms with van der Waals surface area (Å²) in [4.78, 5) is 42.0. The average molecular weight is 621 g/mol. The van der Waals surface area contributed by atoms with Crippen LogP contribution in [-0.4, -0.2) is 70.9 Å².